The summed E-state index contributed by atoms with van der Waals surface area (Å²) in [6.07, 6.45) is 1.38. The molecule has 2 heterocycles. The van der Waals surface area contributed by atoms with E-state index in [1.165, 1.54) is 43.7 Å². The number of hydrogen-bond donors (Lipinski definition) is 3. The van der Waals surface area contributed by atoms with E-state index in [0.29, 0.717) is 17.0 Å². The van der Waals surface area contributed by atoms with Gasteiger partial charge >= 0.3 is 0 Å². The molecule has 0 radical (unpaired) electrons. The Kier molecular flexibility index (Phi) is 5.49. The minimum atomic E-state index is -4.01. The highest BCUT2D eigenvalue weighted by molar-refractivity contribution is 7.92. The number of nitrogens with one attached hydrogen (secondary N) is 3. The van der Waals surface area contributed by atoms with Gasteiger partial charge in [0.1, 0.15) is 11.5 Å². The Morgan fingerprint density at radius 1 is 1.19 bits per heavy atom. The maximum atomic E-state index is 13.0. The summed E-state index contributed by atoms with van der Waals surface area (Å²) in [6.45, 7) is 1.50. The Morgan fingerprint density at radius 2 is 2.00 bits per heavy atom. The molecule has 0 fully saturated rings. The van der Waals surface area contributed by atoms with Crippen LogP contribution >= 0.6 is 0 Å². The number of furan rings is 1. The van der Waals surface area contributed by atoms with E-state index in [0.717, 1.165) is 0 Å². The SMILES string of the molecule is COc1cc(NS(=O)(=O)c2cc3c(cc2C)OCC(=O)N3)ccc1NC(=O)c1ccco1. The highest BCUT2D eigenvalue weighted by atomic mass is 32.2. The Balaban J connectivity index is 1.59. The van der Waals surface area contributed by atoms with E-state index in [-0.39, 0.29) is 40.3 Å². The lowest BCUT2D eigenvalue weighted by Crippen LogP contribution is -2.26. The second-order valence-electron chi connectivity index (χ2n) is 6.90. The third-order valence-corrected chi connectivity index (χ3v) is 6.17. The molecule has 1 aliphatic heterocycles. The summed E-state index contributed by atoms with van der Waals surface area (Å²) in [4.78, 5) is 23.8. The van der Waals surface area contributed by atoms with Crippen LogP contribution in [0.25, 0.3) is 0 Å². The number of carbonyl (C=O) groups is 2. The van der Waals surface area contributed by atoms with Gasteiger partial charge in [-0.1, -0.05) is 0 Å². The smallest absolute Gasteiger partial charge is 0.291 e. The van der Waals surface area contributed by atoms with Crippen LogP contribution in [-0.2, 0) is 14.8 Å². The third kappa shape index (κ3) is 4.23. The second kappa shape index (κ2) is 8.27. The van der Waals surface area contributed by atoms with Crippen molar-refractivity contribution in [3.8, 4) is 11.5 Å². The number of ether oxygens (including phenoxy) is 2. The summed E-state index contributed by atoms with van der Waals surface area (Å²) in [5.74, 6) is -0.0757. The summed E-state index contributed by atoms with van der Waals surface area (Å²) < 4.78 is 44.2. The van der Waals surface area contributed by atoms with E-state index < -0.39 is 15.9 Å². The Morgan fingerprint density at radius 3 is 2.72 bits per heavy atom. The van der Waals surface area contributed by atoms with Gasteiger partial charge in [0.25, 0.3) is 21.8 Å². The number of sulfonamides is 1. The summed E-state index contributed by atoms with van der Waals surface area (Å²) in [6, 6.07) is 10.4. The van der Waals surface area contributed by atoms with Gasteiger partial charge in [0.15, 0.2) is 12.4 Å². The normalized spacial score (nSPS) is 12.9. The Bertz CT molecular complexity index is 1300. The zero-order valence-electron chi connectivity index (χ0n) is 17.1. The van der Waals surface area contributed by atoms with Gasteiger partial charge in [-0.05, 0) is 48.9 Å². The van der Waals surface area contributed by atoms with Gasteiger partial charge in [-0.3, -0.25) is 14.3 Å². The maximum Gasteiger partial charge on any atom is 0.291 e. The molecule has 32 heavy (non-hydrogen) atoms. The molecule has 0 aliphatic carbocycles. The van der Waals surface area contributed by atoms with Gasteiger partial charge < -0.3 is 24.5 Å². The first-order valence-electron chi connectivity index (χ1n) is 9.40. The molecule has 4 rings (SSSR count). The molecule has 11 heteroatoms. The van der Waals surface area contributed by atoms with Gasteiger partial charge in [-0.25, -0.2) is 8.42 Å². The van der Waals surface area contributed by atoms with E-state index in [1.807, 2.05) is 0 Å². The molecule has 0 saturated carbocycles. The van der Waals surface area contributed by atoms with Gasteiger partial charge in [-0.2, -0.15) is 0 Å². The number of carbonyl (C=O) groups excluding carboxylic acids is 2. The maximum absolute atomic E-state index is 13.0. The van der Waals surface area contributed by atoms with E-state index in [1.54, 1.807) is 19.1 Å². The van der Waals surface area contributed by atoms with E-state index in [2.05, 4.69) is 15.4 Å². The van der Waals surface area contributed by atoms with Crippen LogP contribution in [0, 0.1) is 6.92 Å². The summed E-state index contributed by atoms with van der Waals surface area (Å²) in [5.41, 5.74) is 1.28. The third-order valence-electron chi connectivity index (χ3n) is 4.65. The quantitative estimate of drug-likeness (QED) is 0.518. The topological polar surface area (TPSA) is 136 Å². The number of anilines is 3. The molecule has 166 valence electrons. The van der Waals surface area contributed by atoms with Gasteiger partial charge in [0.05, 0.1) is 35.3 Å². The van der Waals surface area contributed by atoms with Crippen molar-refractivity contribution in [1.82, 2.24) is 0 Å². The summed E-state index contributed by atoms with van der Waals surface area (Å²) in [7, 11) is -2.61. The van der Waals surface area contributed by atoms with Gasteiger partial charge in [-0.15, -0.1) is 0 Å². The number of hydrogen-bond acceptors (Lipinski definition) is 7. The molecule has 0 saturated heterocycles. The molecule has 2 amide bonds. The minimum absolute atomic E-state index is 0.0174. The van der Waals surface area contributed by atoms with Crippen molar-refractivity contribution in [1.29, 1.82) is 0 Å². The Labute approximate surface area is 183 Å². The van der Waals surface area contributed by atoms with Crippen molar-refractivity contribution >= 4 is 38.9 Å². The van der Waals surface area contributed by atoms with Crippen molar-refractivity contribution in [2.75, 3.05) is 29.1 Å². The fourth-order valence-corrected chi connectivity index (χ4v) is 4.46. The van der Waals surface area contributed by atoms with Crippen LogP contribution in [0.4, 0.5) is 17.1 Å². The molecule has 2 aromatic carbocycles. The first-order valence-corrected chi connectivity index (χ1v) is 10.9. The lowest BCUT2D eigenvalue weighted by Gasteiger charge is -2.20. The van der Waals surface area contributed by atoms with Crippen molar-refractivity contribution in [3.05, 3.63) is 60.1 Å². The largest absolute Gasteiger partial charge is 0.494 e. The van der Waals surface area contributed by atoms with Crippen molar-refractivity contribution in [2.45, 2.75) is 11.8 Å². The number of benzene rings is 2. The van der Waals surface area contributed by atoms with Crippen molar-refractivity contribution in [3.63, 3.8) is 0 Å². The first kappa shape index (κ1) is 21.2. The predicted molar refractivity (Wildman–Crippen MR) is 116 cm³/mol. The number of aryl methyl sites for hydroxylation is 1. The predicted octanol–water partition coefficient (Wildman–Crippen LogP) is 2.98. The van der Waals surface area contributed by atoms with Gasteiger partial charge in [0, 0.05) is 6.07 Å². The fraction of sp³-hybridized carbons (Fsp3) is 0.143. The molecule has 0 bridgehead atoms. The number of methoxy groups -OCH3 is 1. The zero-order valence-corrected chi connectivity index (χ0v) is 17.9. The van der Waals surface area contributed by atoms with Crippen LogP contribution in [0.1, 0.15) is 16.1 Å². The monoisotopic (exact) mass is 457 g/mol. The number of amides is 2. The first-order chi connectivity index (χ1) is 15.3. The molecule has 3 N–H and O–H groups in total. The van der Waals surface area contributed by atoms with Crippen LogP contribution in [0.3, 0.4) is 0 Å². The molecule has 0 unspecified atom stereocenters. The van der Waals surface area contributed by atoms with Gasteiger partial charge in [0.2, 0.25) is 0 Å². The van der Waals surface area contributed by atoms with Crippen LogP contribution in [-0.4, -0.2) is 33.9 Å². The molecule has 3 aromatic rings. The van der Waals surface area contributed by atoms with Crippen LogP contribution in [0.5, 0.6) is 11.5 Å². The average molecular weight is 457 g/mol. The van der Waals surface area contributed by atoms with Crippen LogP contribution < -0.4 is 24.8 Å². The second-order valence-corrected chi connectivity index (χ2v) is 8.55. The molecule has 1 aliphatic rings. The molecular weight excluding hydrogens is 438 g/mol. The van der Waals surface area contributed by atoms with Crippen molar-refractivity contribution in [2.24, 2.45) is 0 Å². The van der Waals surface area contributed by atoms with E-state index in [4.69, 9.17) is 13.9 Å². The standard InChI is InChI=1S/C21H19N3O7S/c1-12-8-18-15(22-20(25)11-31-18)10-19(12)32(27,28)24-13-5-6-14(17(9-13)29-2)23-21(26)16-4-3-7-30-16/h3-10,24H,11H2,1-2H3,(H,22,25)(H,23,26). The highest BCUT2D eigenvalue weighted by Crippen LogP contribution is 2.34. The molecule has 10 nitrogen and oxygen atoms in total. The number of rotatable bonds is 6. The van der Waals surface area contributed by atoms with Crippen molar-refractivity contribution < 1.29 is 31.9 Å². The highest BCUT2D eigenvalue weighted by Gasteiger charge is 2.24. The summed E-state index contributed by atoms with van der Waals surface area (Å²) >= 11 is 0. The molecule has 1 aromatic heterocycles. The van der Waals surface area contributed by atoms with Crippen LogP contribution in [0.15, 0.2) is 58.0 Å². The molecule has 0 atom stereocenters. The van der Waals surface area contributed by atoms with E-state index >= 15 is 0 Å². The lowest BCUT2D eigenvalue weighted by molar-refractivity contribution is -0.118. The average Bonchev–Trinajstić information content (AvgIpc) is 3.29. The Hall–Kier alpha value is -3.99. The fourth-order valence-electron chi connectivity index (χ4n) is 3.16. The number of fused-ring (bicyclic) bond motifs is 1. The molecule has 0 spiro atoms. The zero-order chi connectivity index (χ0) is 22.9. The molecular formula is C21H19N3O7S. The van der Waals surface area contributed by atoms with E-state index in [9.17, 15) is 18.0 Å². The minimum Gasteiger partial charge on any atom is -0.494 e. The van der Waals surface area contributed by atoms with Crippen LogP contribution in [0.2, 0.25) is 0 Å². The lowest BCUT2D eigenvalue weighted by atomic mass is 10.2. The summed E-state index contributed by atoms with van der Waals surface area (Å²) in [5, 5.41) is 5.24.